The standard InChI is InChI=1S/C12H13N5O4/c1-6-7(2)16-21-12(6)14-11(18)8-3-4-9(15-13)10(5-8)17(19)20/h3-5,15H,13H2,1-2H3,(H,14,18). The van der Waals surface area contributed by atoms with Crippen LogP contribution in [0, 0.1) is 24.0 Å². The number of hydrogen-bond acceptors (Lipinski definition) is 7. The fraction of sp³-hybridized carbons (Fsp3) is 0.167. The lowest BCUT2D eigenvalue weighted by atomic mass is 10.1. The first-order chi connectivity index (χ1) is 9.93. The number of nitro benzene ring substituents is 1. The number of carbonyl (C=O) groups is 1. The van der Waals surface area contributed by atoms with Gasteiger partial charge >= 0.3 is 0 Å². The Morgan fingerprint density at radius 3 is 2.67 bits per heavy atom. The van der Waals surface area contributed by atoms with Crippen LogP contribution in [0.5, 0.6) is 0 Å². The predicted molar refractivity (Wildman–Crippen MR) is 74.8 cm³/mol. The van der Waals surface area contributed by atoms with Crippen molar-refractivity contribution >= 4 is 23.2 Å². The molecule has 0 bridgehead atoms. The van der Waals surface area contributed by atoms with E-state index in [9.17, 15) is 14.9 Å². The molecule has 2 aromatic rings. The first-order valence-corrected chi connectivity index (χ1v) is 5.93. The third-order valence-electron chi connectivity index (χ3n) is 3.00. The van der Waals surface area contributed by atoms with E-state index < -0.39 is 10.8 Å². The molecule has 4 N–H and O–H groups in total. The molecule has 1 aromatic heterocycles. The van der Waals surface area contributed by atoms with Crippen molar-refractivity contribution in [2.24, 2.45) is 5.84 Å². The number of nitrogens with two attached hydrogens (primary N) is 1. The van der Waals surface area contributed by atoms with Crippen LogP contribution in [-0.2, 0) is 0 Å². The molecule has 1 heterocycles. The van der Waals surface area contributed by atoms with E-state index in [2.05, 4.69) is 15.9 Å². The van der Waals surface area contributed by atoms with Gasteiger partial charge in [0.15, 0.2) is 0 Å². The lowest BCUT2D eigenvalue weighted by Gasteiger charge is -2.05. The van der Waals surface area contributed by atoms with Crippen LogP contribution in [0.1, 0.15) is 21.6 Å². The summed E-state index contributed by atoms with van der Waals surface area (Å²) in [5.74, 6) is 4.85. The molecular weight excluding hydrogens is 278 g/mol. The van der Waals surface area contributed by atoms with Gasteiger partial charge in [0.2, 0.25) is 5.88 Å². The number of nitrogens with zero attached hydrogens (tertiary/aromatic N) is 2. The summed E-state index contributed by atoms with van der Waals surface area (Å²) in [4.78, 5) is 22.4. The molecule has 9 heteroatoms. The van der Waals surface area contributed by atoms with Gasteiger partial charge in [-0.15, -0.1) is 0 Å². The molecule has 2 rings (SSSR count). The molecule has 0 aliphatic rings. The van der Waals surface area contributed by atoms with Crippen LogP contribution in [0.4, 0.5) is 17.3 Å². The highest BCUT2D eigenvalue weighted by Gasteiger charge is 2.19. The normalized spacial score (nSPS) is 10.2. The van der Waals surface area contributed by atoms with Crippen molar-refractivity contribution in [3.63, 3.8) is 0 Å². The van der Waals surface area contributed by atoms with Crippen molar-refractivity contribution in [3.05, 3.63) is 45.1 Å². The fourth-order valence-corrected chi connectivity index (χ4v) is 1.65. The zero-order chi connectivity index (χ0) is 15.6. The van der Waals surface area contributed by atoms with Crippen LogP contribution >= 0.6 is 0 Å². The largest absolute Gasteiger partial charge is 0.338 e. The zero-order valence-electron chi connectivity index (χ0n) is 11.3. The number of nitro groups is 1. The van der Waals surface area contributed by atoms with E-state index in [1.54, 1.807) is 13.8 Å². The summed E-state index contributed by atoms with van der Waals surface area (Å²) >= 11 is 0. The van der Waals surface area contributed by atoms with Crippen LogP contribution in [0.15, 0.2) is 22.7 Å². The van der Waals surface area contributed by atoms with E-state index in [-0.39, 0.29) is 22.8 Å². The smallest absolute Gasteiger partial charge is 0.294 e. The van der Waals surface area contributed by atoms with Gasteiger partial charge in [-0.1, -0.05) is 5.16 Å². The Kier molecular flexibility index (Phi) is 3.85. The number of hydrazine groups is 1. The van der Waals surface area contributed by atoms with Gasteiger partial charge < -0.3 is 9.95 Å². The quantitative estimate of drug-likeness (QED) is 0.443. The van der Waals surface area contributed by atoms with Crippen LogP contribution < -0.4 is 16.6 Å². The van der Waals surface area contributed by atoms with Gasteiger partial charge in [-0.2, -0.15) is 0 Å². The van der Waals surface area contributed by atoms with E-state index in [0.717, 1.165) is 6.07 Å². The van der Waals surface area contributed by atoms with Crippen molar-refractivity contribution in [1.82, 2.24) is 5.16 Å². The molecule has 0 atom stereocenters. The van der Waals surface area contributed by atoms with Gasteiger partial charge in [0.25, 0.3) is 11.6 Å². The molecular formula is C12H13N5O4. The summed E-state index contributed by atoms with van der Waals surface area (Å²) in [6.07, 6.45) is 0. The third-order valence-corrected chi connectivity index (χ3v) is 3.00. The van der Waals surface area contributed by atoms with E-state index in [1.165, 1.54) is 12.1 Å². The number of nitrogens with one attached hydrogen (secondary N) is 2. The summed E-state index contributed by atoms with van der Waals surface area (Å²) < 4.78 is 4.96. The van der Waals surface area contributed by atoms with E-state index >= 15 is 0 Å². The van der Waals surface area contributed by atoms with Crippen LogP contribution in [0.25, 0.3) is 0 Å². The maximum absolute atomic E-state index is 12.1. The van der Waals surface area contributed by atoms with Crippen molar-refractivity contribution in [2.45, 2.75) is 13.8 Å². The first kappa shape index (κ1) is 14.5. The minimum atomic E-state index is -0.629. The molecule has 0 fully saturated rings. The summed E-state index contributed by atoms with van der Waals surface area (Å²) in [7, 11) is 0. The molecule has 0 aliphatic carbocycles. The van der Waals surface area contributed by atoms with Gasteiger partial charge in [0, 0.05) is 17.2 Å². The number of rotatable bonds is 4. The van der Waals surface area contributed by atoms with Gasteiger partial charge in [0.05, 0.1) is 10.6 Å². The second-order valence-corrected chi connectivity index (χ2v) is 4.31. The number of nitrogen functional groups attached to an aromatic ring is 1. The molecule has 0 saturated carbocycles. The zero-order valence-corrected chi connectivity index (χ0v) is 11.3. The number of aryl methyl sites for hydroxylation is 1. The summed E-state index contributed by atoms with van der Waals surface area (Å²) in [6.45, 7) is 3.48. The second-order valence-electron chi connectivity index (χ2n) is 4.31. The van der Waals surface area contributed by atoms with E-state index in [0.29, 0.717) is 11.3 Å². The minimum Gasteiger partial charge on any atom is -0.338 e. The number of carbonyl (C=O) groups excluding carboxylic acids is 1. The first-order valence-electron chi connectivity index (χ1n) is 5.93. The van der Waals surface area contributed by atoms with Gasteiger partial charge in [-0.25, -0.2) is 0 Å². The Bertz CT molecular complexity index is 710. The third kappa shape index (κ3) is 2.82. The number of benzene rings is 1. The van der Waals surface area contributed by atoms with Crippen molar-refractivity contribution in [1.29, 1.82) is 0 Å². The van der Waals surface area contributed by atoms with E-state index in [1.807, 2.05) is 0 Å². The number of aromatic nitrogens is 1. The lowest BCUT2D eigenvalue weighted by Crippen LogP contribution is -2.14. The summed E-state index contributed by atoms with van der Waals surface area (Å²) in [5, 5.41) is 17.1. The molecule has 0 saturated heterocycles. The molecule has 0 unspecified atom stereocenters. The fourth-order valence-electron chi connectivity index (χ4n) is 1.65. The molecule has 1 amide bonds. The highest BCUT2D eigenvalue weighted by atomic mass is 16.6. The van der Waals surface area contributed by atoms with Crippen LogP contribution in [0.2, 0.25) is 0 Å². The molecule has 21 heavy (non-hydrogen) atoms. The number of amides is 1. The maximum Gasteiger partial charge on any atom is 0.294 e. The van der Waals surface area contributed by atoms with Crippen molar-refractivity contribution in [3.8, 4) is 0 Å². The molecule has 0 aliphatic heterocycles. The average Bonchev–Trinajstić information content (AvgIpc) is 2.78. The lowest BCUT2D eigenvalue weighted by molar-refractivity contribution is -0.384. The number of anilines is 2. The van der Waals surface area contributed by atoms with Gasteiger partial charge in [-0.05, 0) is 26.0 Å². The maximum atomic E-state index is 12.1. The predicted octanol–water partition coefficient (Wildman–Crippen LogP) is 1.74. The van der Waals surface area contributed by atoms with Gasteiger partial charge in [0.1, 0.15) is 5.69 Å². The summed E-state index contributed by atoms with van der Waals surface area (Å²) in [5.41, 5.74) is 3.47. The Labute approximate surface area is 119 Å². The molecule has 0 radical (unpaired) electrons. The topological polar surface area (TPSA) is 136 Å². The number of hydrogen-bond donors (Lipinski definition) is 3. The summed E-state index contributed by atoms with van der Waals surface area (Å²) in [6, 6.07) is 3.89. The minimum absolute atomic E-state index is 0.106. The highest BCUT2D eigenvalue weighted by Crippen LogP contribution is 2.25. The average molecular weight is 291 g/mol. The van der Waals surface area contributed by atoms with Crippen LogP contribution in [0.3, 0.4) is 0 Å². The Hall–Kier alpha value is -2.94. The SMILES string of the molecule is Cc1noc(NC(=O)c2ccc(NN)c([N+](=O)[O-])c2)c1C. The Balaban J connectivity index is 2.29. The second kappa shape index (κ2) is 5.59. The molecule has 9 nitrogen and oxygen atoms in total. The molecule has 1 aromatic carbocycles. The molecule has 0 spiro atoms. The highest BCUT2D eigenvalue weighted by molar-refractivity contribution is 6.04. The van der Waals surface area contributed by atoms with E-state index in [4.69, 9.17) is 10.4 Å². The van der Waals surface area contributed by atoms with Gasteiger partial charge in [-0.3, -0.25) is 26.1 Å². The molecule has 110 valence electrons. The monoisotopic (exact) mass is 291 g/mol. The van der Waals surface area contributed by atoms with Crippen molar-refractivity contribution < 1.29 is 14.2 Å². The Morgan fingerprint density at radius 2 is 2.14 bits per heavy atom. The van der Waals surface area contributed by atoms with Crippen LogP contribution in [-0.4, -0.2) is 16.0 Å². The Morgan fingerprint density at radius 1 is 1.43 bits per heavy atom. The van der Waals surface area contributed by atoms with Crippen molar-refractivity contribution in [2.75, 3.05) is 10.7 Å².